The Morgan fingerprint density at radius 2 is 1.96 bits per heavy atom. The fourth-order valence-corrected chi connectivity index (χ4v) is 3.68. The van der Waals surface area contributed by atoms with Gasteiger partial charge in [-0.1, -0.05) is 31.6 Å². The van der Waals surface area contributed by atoms with Crippen molar-refractivity contribution in [2.75, 3.05) is 0 Å². The molecular weight excluding hydrogens is 288 g/mol. The number of rotatable bonds is 1. The first kappa shape index (κ1) is 18.4. The molecule has 0 saturated carbocycles. The van der Waals surface area contributed by atoms with Gasteiger partial charge in [0.1, 0.15) is 0 Å². The number of carbonyl (C=O) groups is 1. The lowest BCUT2D eigenvalue weighted by Gasteiger charge is -2.38. The summed E-state index contributed by atoms with van der Waals surface area (Å²) < 4.78 is 6.49. The summed E-state index contributed by atoms with van der Waals surface area (Å²) >= 11 is 0. The summed E-state index contributed by atoms with van der Waals surface area (Å²) in [5.41, 5.74) is 1.25. The van der Waals surface area contributed by atoms with Gasteiger partial charge in [0.2, 0.25) is 0 Å². The Hall–Kier alpha value is -0.930. The molecule has 2 bridgehead atoms. The van der Waals surface area contributed by atoms with Gasteiger partial charge in [-0.3, -0.25) is 4.79 Å². The number of ketones is 1. The van der Waals surface area contributed by atoms with Crippen molar-refractivity contribution in [2.45, 2.75) is 90.4 Å². The molecule has 0 amide bonds. The first-order valence-electron chi connectivity index (χ1n) is 8.92. The number of hydrogen-bond donors (Lipinski definition) is 1. The smallest absolute Gasteiger partial charge is 0.160 e. The van der Waals surface area contributed by atoms with E-state index in [4.69, 9.17) is 4.74 Å². The van der Waals surface area contributed by atoms with Gasteiger partial charge in [-0.2, -0.15) is 0 Å². The minimum atomic E-state index is -0.746. The van der Waals surface area contributed by atoms with Crippen LogP contribution in [-0.2, 0) is 9.53 Å². The highest BCUT2D eigenvalue weighted by molar-refractivity contribution is 5.95. The van der Waals surface area contributed by atoms with Crippen LogP contribution in [0.1, 0.15) is 73.1 Å². The van der Waals surface area contributed by atoms with Gasteiger partial charge >= 0.3 is 0 Å². The van der Waals surface area contributed by atoms with Crippen molar-refractivity contribution in [3.05, 3.63) is 23.3 Å². The maximum absolute atomic E-state index is 12.3. The van der Waals surface area contributed by atoms with E-state index in [9.17, 15) is 9.90 Å². The Kier molecular flexibility index (Phi) is 5.52. The molecule has 0 aromatic heterocycles. The molecule has 0 spiro atoms. The van der Waals surface area contributed by atoms with E-state index in [0.29, 0.717) is 5.92 Å². The van der Waals surface area contributed by atoms with E-state index in [1.54, 1.807) is 0 Å². The molecule has 3 heteroatoms. The number of Topliss-reactive ketones (excluding diaryl/α,β-unsaturated/α-hetero) is 1. The number of ether oxygens (including phenoxy) is 1. The molecule has 0 radical (unpaired) electrons. The first-order valence-corrected chi connectivity index (χ1v) is 8.92. The second-order valence-electron chi connectivity index (χ2n) is 7.96. The summed E-state index contributed by atoms with van der Waals surface area (Å²) in [6.07, 6.45) is 8.17. The molecule has 2 heterocycles. The third kappa shape index (κ3) is 3.95. The van der Waals surface area contributed by atoms with Crippen LogP contribution in [0.2, 0.25) is 0 Å². The normalized spacial score (nSPS) is 41.3. The Labute approximate surface area is 140 Å². The number of aliphatic hydroxyl groups is 1. The van der Waals surface area contributed by atoms with Gasteiger partial charge < -0.3 is 9.84 Å². The van der Waals surface area contributed by atoms with Gasteiger partial charge in [0.25, 0.3) is 0 Å². The fourth-order valence-electron chi connectivity index (χ4n) is 3.68. The highest BCUT2D eigenvalue weighted by Gasteiger charge is 2.51. The minimum Gasteiger partial charge on any atom is -0.390 e. The van der Waals surface area contributed by atoms with E-state index in [1.165, 1.54) is 5.57 Å². The van der Waals surface area contributed by atoms with Crippen LogP contribution in [0.15, 0.2) is 23.3 Å². The zero-order valence-corrected chi connectivity index (χ0v) is 15.3. The average molecular weight is 320 g/mol. The van der Waals surface area contributed by atoms with Crippen molar-refractivity contribution < 1.29 is 14.6 Å². The molecule has 0 aromatic rings. The van der Waals surface area contributed by atoms with Crippen LogP contribution in [0.25, 0.3) is 0 Å². The number of fused-ring (bicyclic) bond motifs is 2. The Morgan fingerprint density at radius 3 is 2.61 bits per heavy atom. The van der Waals surface area contributed by atoms with Crippen LogP contribution < -0.4 is 0 Å². The van der Waals surface area contributed by atoms with Crippen molar-refractivity contribution in [1.82, 2.24) is 0 Å². The van der Waals surface area contributed by atoms with Crippen molar-refractivity contribution in [2.24, 2.45) is 5.92 Å². The molecule has 23 heavy (non-hydrogen) atoms. The molecule has 130 valence electrons. The highest BCUT2D eigenvalue weighted by atomic mass is 16.5. The van der Waals surface area contributed by atoms with Crippen LogP contribution in [0, 0.1) is 5.92 Å². The molecule has 2 aliphatic rings. The lowest BCUT2D eigenvalue weighted by molar-refractivity contribution is -0.164. The van der Waals surface area contributed by atoms with Crippen molar-refractivity contribution in [1.29, 1.82) is 0 Å². The molecule has 3 atom stereocenters. The van der Waals surface area contributed by atoms with E-state index < -0.39 is 11.7 Å². The van der Waals surface area contributed by atoms with Crippen LogP contribution in [0.3, 0.4) is 0 Å². The zero-order chi connectivity index (χ0) is 17.3. The quantitative estimate of drug-likeness (QED) is 0.731. The summed E-state index contributed by atoms with van der Waals surface area (Å²) in [4.78, 5) is 12.3. The first-order chi connectivity index (χ1) is 10.7. The van der Waals surface area contributed by atoms with Crippen LogP contribution in [0.5, 0.6) is 0 Å². The summed E-state index contributed by atoms with van der Waals surface area (Å²) in [6.45, 7) is 10.3. The van der Waals surface area contributed by atoms with E-state index in [-0.39, 0.29) is 17.8 Å². The maximum atomic E-state index is 12.3. The molecule has 1 fully saturated rings. The van der Waals surface area contributed by atoms with Crippen molar-refractivity contribution in [3.8, 4) is 0 Å². The SMILES string of the molecule is C/C1=C\C[C@@]2(C(C)C)CC[C@](C)(O2)[C@H](O)CC(=O)/C(C)=C/CC1. The molecule has 0 unspecified atom stereocenters. The van der Waals surface area contributed by atoms with Crippen LogP contribution in [-0.4, -0.2) is 28.2 Å². The Balaban J connectivity index is 2.34. The number of hydrogen-bond acceptors (Lipinski definition) is 3. The molecule has 3 nitrogen and oxygen atoms in total. The third-order valence-corrected chi connectivity index (χ3v) is 5.84. The van der Waals surface area contributed by atoms with E-state index >= 15 is 0 Å². The van der Waals surface area contributed by atoms with Gasteiger partial charge in [0.15, 0.2) is 5.78 Å². The average Bonchev–Trinajstić information content (AvgIpc) is 2.84. The number of allylic oxidation sites excluding steroid dienone is 3. The zero-order valence-electron chi connectivity index (χ0n) is 15.3. The summed E-state index contributed by atoms with van der Waals surface area (Å²) in [7, 11) is 0. The molecule has 1 saturated heterocycles. The van der Waals surface area contributed by atoms with Gasteiger partial charge in [0.05, 0.1) is 17.3 Å². The summed E-state index contributed by atoms with van der Waals surface area (Å²) in [5, 5.41) is 10.7. The Morgan fingerprint density at radius 1 is 1.26 bits per heavy atom. The van der Waals surface area contributed by atoms with Crippen molar-refractivity contribution >= 4 is 5.78 Å². The topological polar surface area (TPSA) is 46.5 Å². The predicted molar refractivity (Wildman–Crippen MR) is 93.3 cm³/mol. The molecular formula is C20H32O3. The number of carbonyl (C=O) groups excluding carboxylic acids is 1. The Bertz CT molecular complexity index is 517. The molecule has 0 aromatic carbocycles. The van der Waals surface area contributed by atoms with E-state index in [0.717, 1.165) is 37.7 Å². The maximum Gasteiger partial charge on any atom is 0.160 e. The van der Waals surface area contributed by atoms with Gasteiger partial charge in [-0.15, -0.1) is 0 Å². The molecule has 2 aliphatic heterocycles. The highest BCUT2D eigenvalue weighted by Crippen LogP contribution is 2.47. The van der Waals surface area contributed by atoms with Crippen LogP contribution in [0.4, 0.5) is 0 Å². The lowest BCUT2D eigenvalue weighted by atomic mass is 9.82. The van der Waals surface area contributed by atoms with Crippen molar-refractivity contribution in [3.63, 3.8) is 0 Å². The summed E-state index contributed by atoms with van der Waals surface area (Å²) in [5.74, 6) is 0.409. The fraction of sp³-hybridized carbons (Fsp3) is 0.750. The molecule has 0 aliphatic carbocycles. The third-order valence-electron chi connectivity index (χ3n) is 5.84. The number of aliphatic hydroxyl groups excluding tert-OH is 1. The second kappa shape index (κ2) is 6.90. The van der Waals surface area contributed by atoms with Crippen LogP contribution >= 0.6 is 0 Å². The predicted octanol–water partition coefficient (Wildman–Crippen LogP) is 4.35. The second-order valence-corrected chi connectivity index (χ2v) is 7.96. The lowest BCUT2D eigenvalue weighted by Crippen LogP contribution is -2.45. The van der Waals surface area contributed by atoms with E-state index in [2.05, 4.69) is 26.8 Å². The van der Waals surface area contributed by atoms with E-state index in [1.807, 2.05) is 19.9 Å². The van der Waals surface area contributed by atoms with Gasteiger partial charge in [-0.05, 0) is 64.4 Å². The summed E-state index contributed by atoms with van der Waals surface area (Å²) in [6, 6.07) is 0. The molecule has 2 rings (SSSR count). The standard InChI is InChI=1S/C20H32O3/c1-14(2)20-10-9-15(3)7-6-8-16(4)17(21)13-18(22)19(5,23-20)11-12-20/h8-9,14,18,22H,6-7,10-13H2,1-5H3/b15-9+,16-8+/t18-,19+,20+/m1/s1. The minimum absolute atomic E-state index is 0.0326. The molecule has 1 N–H and O–H groups in total. The largest absolute Gasteiger partial charge is 0.390 e. The monoisotopic (exact) mass is 320 g/mol. The van der Waals surface area contributed by atoms with Gasteiger partial charge in [-0.25, -0.2) is 0 Å². The van der Waals surface area contributed by atoms with Gasteiger partial charge in [0, 0.05) is 6.42 Å².